The second-order valence-corrected chi connectivity index (χ2v) is 5.67. The summed E-state index contributed by atoms with van der Waals surface area (Å²) in [5.74, 6) is 1.73. The number of aromatic nitrogens is 2. The van der Waals surface area contributed by atoms with Crippen molar-refractivity contribution in [2.75, 3.05) is 20.2 Å². The molecule has 0 aliphatic rings. The van der Waals surface area contributed by atoms with Gasteiger partial charge in [0.25, 0.3) is 0 Å². The van der Waals surface area contributed by atoms with Crippen molar-refractivity contribution in [3.8, 4) is 5.75 Å². The fourth-order valence-electron chi connectivity index (χ4n) is 2.23. The lowest BCUT2D eigenvalue weighted by atomic mass is 10.2. The maximum atomic E-state index is 5.72. The number of nitrogens with zero attached hydrogens (tertiary/aromatic N) is 3. The Morgan fingerprint density at radius 3 is 2.62 bits per heavy atom. The van der Waals surface area contributed by atoms with E-state index >= 15 is 0 Å². The molecule has 0 atom stereocenters. The minimum atomic E-state index is 0.701. The lowest BCUT2D eigenvalue weighted by molar-refractivity contribution is 0.307. The summed E-state index contributed by atoms with van der Waals surface area (Å²) >= 11 is 0. The Balaban J connectivity index is 1.57. The summed E-state index contributed by atoms with van der Waals surface area (Å²) in [6.45, 7) is 4.37. The van der Waals surface area contributed by atoms with Gasteiger partial charge >= 0.3 is 0 Å². The molecule has 6 heteroatoms. The molecule has 0 amide bonds. The fourth-order valence-corrected chi connectivity index (χ4v) is 2.23. The molecule has 0 radical (unpaired) electrons. The Morgan fingerprint density at radius 2 is 1.96 bits per heavy atom. The van der Waals surface area contributed by atoms with Gasteiger partial charge in [-0.2, -0.15) is 5.10 Å². The number of hydrogen-bond acceptors (Lipinski definition) is 3. The monoisotopic (exact) mass is 329 g/mol. The van der Waals surface area contributed by atoms with Gasteiger partial charge in [0.2, 0.25) is 0 Å². The SMILES string of the molecule is CN=C(NCCCCOc1ccc(C)cc1)NCc1ccnn1C. The molecule has 0 spiro atoms. The molecule has 0 fully saturated rings. The lowest BCUT2D eigenvalue weighted by Crippen LogP contribution is -2.37. The van der Waals surface area contributed by atoms with Gasteiger partial charge in [0, 0.05) is 26.8 Å². The number of ether oxygens (including phenoxy) is 1. The Kier molecular flexibility index (Phi) is 7.14. The highest BCUT2D eigenvalue weighted by atomic mass is 16.5. The van der Waals surface area contributed by atoms with E-state index in [1.807, 2.05) is 29.9 Å². The van der Waals surface area contributed by atoms with Gasteiger partial charge in [0.15, 0.2) is 5.96 Å². The number of hydrogen-bond donors (Lipinski definition) is 2. The summed E-state index contributed by atoms with van der Waals surface area (Å²) in [5, 5.41) is 10.7. The van der Waals surface area contributed by atoms with Gasteiger partial charge in [-0.05, 0) is 38.0 Å². The van der Waals surface area contributed by atoms with Crippen LogP contribution in [0, 0.1) is 6.92 Å². The number of aliphatic imine (C=N–C) groups is 1. The molecule has 0 unspecified atom stereocenters. The molecule has 1 heterocycles. The predicted octanol–water partition coefficient (Wildman–Crippen LogP) is 2.25. The van der Waals surface area contributed by atoms with Gasteiger partial charge < -0.3 is 15.4 Å². The van der Waals surface area contributed by atoms with Crippen LogP contribution >= 0.6 is 0 Å². The normalized spacial score (nSPS) is 11.4. The van der Waals surface area contributed by atoms with Crippen LogP contribution in [0.4, 0.5) is 0 Å². The third-order valence-electron chi connectivity index (χ3n) is 3.74. The average Bonchev–Trinajstić information content (AvgIpc) is 3.00. The molecular formula is C18H27N5O. The Labute approximate surface area is 143 Å². The summed E-state index contributed by atoms with van der Waals surface area (Å²) in [7, 11) is 3.71. The maximum absolute atomic E-state index is 5.72. The first-order chi connectivity index (χ1) is 11.7. The highest BCUT2D eigenvalue weighted by Crippen LogP contribution is 2.11. The van der Waals surface area contributed by atoms with Crippen molar-refractivity contribution < 1.29 is 4.74 Å². The van der Waals surface area contributed by atoms with Crippen molar-refractivity contribution in [1.29, 1.82) is 0 Å². The van der Waals surface area contributed by atoms with Gasteiger partial charge in [0.05, 0.1) is 18.8 Å². The Morgan fingerprint density at radius 1 is 1.17 bits per heavy atom. The molecule has 1 aromatic carbocycles. The lowest BCUT2D eigenvalue weighted by Gasteiger charge is -2.12. The van der Waals surface area contributed by atoms with Crippen LogP contribution in [0.3, 0.4) is 0 Å². The predicted molar refractivity (Wildman–Crippen MR) is 97.3 cm³/mol. The zero-order valence-corrected chi connectivity index (χ0v) is 14.7. The number of nitrogens with one attached hydrogen (secondary N) is 2. The van der Waals surface area contributed by atoms with Crippen molar-refractivity contribution in [3.05, 3.63) is 47.8 Å². The first-order valence-electron chi connectivity index (χ1n) is 8.30. The van der Waals surface area contributed by atoms with Crippen LogP contribution in [0.1, 0.15) is 24.1 Å². The van der Waals surface area contributed by atoms with Gasteiger partial charge in [0.1, 0.15) is 5.75 Å². The number of aryl methyl sites for hydroxylation is 2. The van der Waals surface area contributed by atoms with Crippen LogP contribution in [-0.2, 0) is 13.6 Å². The van der Waals surface area contributed by atoms with Crippen molar-refractivity contribution in [3.63, 3.8) is 0 Å². The maximum Gasteiger partial charge on any atom is 0.191 e. The minimum absolute atomic E-state index is 0.701. The molecule has 2 N–H and O–H groups in total. The van der Waals surface area contributed by atoms with Gasteiger partial charge in [-0.25, -0.2) is 0 Å². The van der Waals surface area contributed by atoms with E-state index in [1.54, 1.807) is 13.2 Å². The number of rotatable bonds is 8. The van der Waals surface area contributed by atoms with E-state index in [4.69, 9.17) is 4.74 Å². The summed E-state index contributed by atoms with van der Waals surface area (Å²) in [4.78, 5) is 4.22. The van der Waals surface area contributed by atoms with Crippen molar-refractivity contribution in [2.45, 2.75) is 26.3 Å². The van der Waals surface area contributed by atoms with Crippen LogP contribution in [0.2, 0.25) is 0 Å². The van der Waals surface area contributed by atoms with E-state index in [1.165, 1.54) is 5.56 Å². The molecule has 0 saturated carbocycles. The quantitative estimate of drug-likeness (QED) is 0.443. The highest BCUT2D eigenvalue weighted by Gasteiger charge is 2.01. The van der Waals surface area contributed by atoms with Crippen LogP contribution in [0.5, 0.6) is 5.75 Å². The largest absolute Gasteiger partial charge is 0.494 e. The summed E-state index contributed by atoms with van der Waals surface area (Å²) in [6.07, 6.45) is 3.82. The standard InChI is InChI=1S/C18H27N5O/c1-15-6-8-17(9-7-15)24-13-5-4-11-20-18(19-2)21-14-16-10-12-22-23(16)3/h6-10,12H,4-5,11,13-14H2,1-3H3,(H2,19,20,21). The van der Waals surface area contributed by atoms with E-state index < -0.39 is 0 Å². The molecule has 6 nitrogen and oxygen atoms in total. The van der Waals surface area contributed by atoms with Crippen molar-refractivity contribution in [2.24, 2.45) is 12.0 Å². The van der Waals surface area contributed by atoms with Gasteiger partial charge in [-0.15, -0.1) is 0 Å². The number of benzene rings is 1. The third-order valence-corrected chi connectivity index (χ3v) is 3.74. The molecule has 0 saturated heterocycles. The minimum Gasteiger partial charge on any atom is -0.494 e. The number of unbranched alkanes of at least 4 members (excludes halogenated alkanes) is 1. The molecule has 2 aromatic rings. The van der Waals surface area contributed by atoms with Crippen LogP contribution < -0.4 is 15.4 Å². The molecule has 0 bridgehead atoms. The number of guanidine groups is 1. The molecular weight excluding hydrogens is 302 g/mol. The van der Waals surface area contributed by atoms with Crippen molar-refractivity contribution >= 4 is 5.96 Å². The van der Waals surface area contributed by atoms with Crippen LogP contribution in [0.25, 0.3) is 0 Å². The molecule has 2 rings (SSSR count). The second-order valence-electron chi connectivity index (χ2n) is 5.67. The third kappa shape index (κ3) is 5.95. The zero-order valence-electron chi connectivity index (χ0n) is 14.7. The summed E-state index contributed by atoms with van der Waals surface area (Å²) in [5.41, 5.74) is 2.36. The molecule has 24 heavy (non-hydrogen) atoms. The van der Waals surface area contributed by atoms with Crippen molar-refractivity contribution in [1.82, 2.24) is 20.4 Å². The Bertz CT molecular complexity index is 633. The zero-order chi connectivity index (χ0) is 17.2. The van der Waals surface area contributed by atoms with Crippen LogP contribution in [0.15, 0.2) is 41.5 Å². The molecule has 0 aliphatic carbocycles. The van der Waals surface area contributed by atoms with E-state index in [9.17, 15) is 0 Å². The van der Waals surface area contributed by atoms with Gasteiger partial charge in [-0.1, -0.05) is 17.7 Å². The molecule has 130 valence electrons. The van der Waals surface area contributed by atoms with E-state index in [-0.39, 0.29) is 0 Å². The fraction of sp³-hybridized carbons (Fsp3) is 0.444. The van der Waals surface area contributed by atoms with E-state index in [0.717, 1.165) is 43.4 Å². The molecule has 0 aliphatic heterocycles. The molecule has 1 aromatic heterocycles. The van der Waals surface area contributed by atoms with E-state index in [2.05, 4.69) is 39.8 Å². The summed E-state index contributed by atoms with van der Waals surface area (Å²) in [6, 6.07) is 10.1. The smallest absolute Gasteiger partial charge is 0.191 e. The topological polar surface area (TPSA) is 63.5 Å². The highest BCUT2D eigenvalue weighted by molar-refractivity contribution is 5.79. The first kappa shape index (κ1) is 17.8. The van der Waals surface area contributed by atoms with E-state index in [0.29, 0.717) is 6.54 Å². The average molecular weight is 329 g/mol. The van der Waals surface area contributed by atoms with Crippen LogP contribution in [-0.4, -0.2) is 35.9 Å². The second kappa shape index (κ2) is 9.60. The first-order valence-corrected chi connectivity index (χ1v) is 8.30. The Hall–Kier alpha value is -2.50. The van der Waals surface area contributed by atoms with Gasteiger partial charge in [-0.3, -0.25) is 9.67 Å². The summed E-state index contributed by atoms with van der Waals surface area (Å²) < 4.78 is 7.57.